The highest BCUT2D eigenvalue weighted by Gasteiger charge is 2.27. The van der Waals surface area contributed by atoms with Crippen molar-refractivity contribution >= 4 is 16.3 Å². The van der Waals surface area contributed by atoms with Crippen LogP contribution in [0.4, 0.5) is 8.78 Å². The number of thiazole rings is 1. The smallest absolute Gasteiger partial charge is 0.282 e. The summed E-state index contributed by atoms with van der Waals surface area (Å²) in [7, 11) is 0. The van der Waals surface area contributed by atoms with Crippen molar-refractivity contribution in [3.8, 4) is 0 Å². The summed E-state index contributed by atoms with van der Waals surface area (Å²) >= 11 is 1.57. The Hall–Kier alpha value is -1.05. The molecule has 0 spiro atoms. The third-order valence-electron chi connectivity index (χ3n) is 2.65. The fraction of sp³-hybridized carbons (Fsp3) is 0.545. The monoisotopic (exact) mass is 275 g/mol. The molecule has 4 nitrogen and oxygen atoms in total. The van der Waals surface area contributed by atoms with Gasteiger partial charge in [0.1, 0.15) is 6.61 Å². The second-order valence-corrected chi connectivity index (χ2v) is 5.47. The summed E-state index contributed by atoms with van der Waals surface area (Å²) in [6.07, 6.45) is 1.95. The number of imidazole rings is 1. The zero-order chi connectivity index (χ0) is 13.3. The summed E-state index contributed by atoms with van der Waals surface area (Å²) < 4.78 is 27.7. The van der Waals surface area contributed by atoms with Gasteiger partial charge in [-0.1, -0.05) is 0 Å². The van der Waals surface area contributed by atoms with Crippen LogP contribution in [0.15, 0.2) is 6.20 Å². The van der Waals surface area contributed by atoms with Gasteiger partial charge in [0.15, 0.2) is 4.96 Å². The van der Waals surface area contributed by atoms with E-state index in [1.807, 2.05) is 24.4 Å². The highest BCUT2D eigenvalue weighted by Crippen LogP contribution is 2.20. The van der Waals surface area contributed by atoms with Gasteiger partial charge in [0.05, 0.1) is 17.9 Å². The van der Waals surface area contributed by atoms with Crippen LogP contribution in [0.25, 0.3) is 4.96 Å². The van der Waals surface area contributed by atoms with Crippen LogP contribution in [-0.2, 0) is 6.54 Å². The highest BCUT2D eigenvalue weighted by atomic mass is 32.1. The third kappa shape index (κ3) is 2.68. The first-order chi connectivity index (χ1) is 8.43. The first-order valence-corrected chi connectivity index (χ1v) is 6.38. The van der Waals surface area contributed by atoms with Gasteiger partial charge in [0, 0.05) is 17.6 Å². The number of fused-ring (bicyclic) bond motifs is 1. The standard InChI is InChI=1S/C11H15F2N3OS/c1-7-4-16-9(8(2)15-10(16)18-7)3-14-5-11(12,13)6-17/h4,14,17H,3,5-6H2,1-2H3. The molecule has 18 heavy (non-hydrogen) atoms. The van der Waals surface area contributed by atoms with Gasteiger partial charge in [-0.3, -0.25) is 4.40 Å². The maximum Gasteiger partial charge on any atom is 0.282 e. The number of nitrogens with one attached hydrogen (secondary N) is 1. The normalized spacial score (nSPS) is 12.5. The number of hydrogen-bond acceptors (Lipinski definition) is 4. The minimum absolute atomic E-state index is 0.304. The molecule has 0 saturated carbocycles. The molecule has 0 aliphatic heterocycles. The SMILES string of the molecule is Cc1cn2c(CNCC(F)(F)CO)c(C)nc2s1. The molecule has 2 heterocycles. The van der Waals surface area contributed by atoms with Crippen LogP contribution in [0.3, 0.4) is 0 Å². The van der Waals surface area contributed by atoms with Gasteiger partial charge in [-0.25, -0.2) is 13.8 Å². The number of aliphatic hydroxyl groups is 1. The first-order valence-electron chi connectivity index (χ1n) is 5.56. The number of aliphatic hydroxyl groups excluding tert-OH is 1. The van der Waals surface area contributed by atoms with E-state index in [9.17, 15) is 8.78 Å². The van der Waals surface area contributed by atoms with Gasteiger partial charge >= 0.3 is 0 Å². The molecule has 0 aromatic carbocycles. The van der Waals surface area contributed by atoms with Crippen molar-refractivity contribution in [2.24, 2.45) is 0 Å². The Morgan fingerprint density at radius 3 is 2.89 bits per heavy atom. The number of aryl methyl sites for hydroxylation is 2. The van der Waals surface area contributed by atoms with E-state index < -0.39 is 19.1 Å². The molecule has 0 fully saturated rings. The van der Waals surface area contributed by atoms with Crippen LogP contribution in [0, 0.1) is 13.8 Å². The number of hydrogen-bond donors (Lipinski definition) is 2. The van der Waals surface area contributed by atoms with Crippen molar-refractivity contribution in [3.63, 3.8) is 0 Å². The number of nitrogens with zero attached hydrogens (tertiary/aromatic N) is 2. The molecule has 0 amide bonds. The van der Waals surface area contributed by atoms with E-state index in [2.05, 4.69) is 10.3 Å². The van der Waals surface area contributed by atoms with E-state index in [0.29, 0.717) is 6.54 Å². The van der Waals surface area contributed by atoms with Gasteiger partial charge in [0.25, 0.3) is 5.92 Å². The van der Waals surface area contributed by atoms with Gasteiger partial charge < -0.3 is 10.4 Å². The summed E-state index contributed by atoms with van der Waals surface area (Å²) in [4.78, 5) is 6.37. The van der Waals surface area contributed by atoms with Gasteiger partial charge in [-0.2, -0.15) is 0 Å². The predicted octanol–water partition coefficient (Wildman–Crippen LogP) is 1.73. The fourth-order valence-corrected chi connectivity index (χ4v) is 2.63. The Labute approximate surface area is 107 Å². The maximum absolute atomic E-state index is 12.9. The molecule has 0 radical (unpaired) electrons. The van der Waals surface area contributed by atoms with Crippen molar-refractivity contribution in [2.75, 3.05) is 13.2 Å². The van der Waals surface area contributed by atoms with Crippen LogP contribution in [0.2, 0.25) is 0 Å². The molecule has 2 aromatic heterocycles. The Morgan fingerprint density at radius 1 is 1.50 bits per heavy atom. The maximum atomic E-state index is 12.9. The summed E-state index contributed by atoms with van der Waals surface area (Å²) in [5, 5.41) is 11.1. The molecule has 0 aliphatic rings. The largest absolute Gasteiger partial charge is 0.390 e. The molecule has 2 rings (SSSR count). The lowest BCUT2D eigenvalue weighted by atomic mass is 10.3. The topological polar surface area (TPSA) is 49.6 Å². The lowest BCUT2D eigenvalue weighted by Crippen LogP contribution is -2.35. The Balaban J connectivity index is 2.09. The number of rotatable bonds is 5. The van der Waals surface area contributed by atoms with E-state index in [1.54, 1.807) is 11.3 Å². The summed E-state index contributed by atoms with van der Waals surface area (Å²) in [6.45, 7) is 2.46. The zero-order valence-electron chi connectivity index (χ0n) is 10.2. The van der Waals surface area contributed by atoms with Crippen LogP contribution in [-0.4, -0.2) is 33.6 Å². The quantitative estimate of drug-likeness (QED) is 0.873. The van der Waals surface area contributed by atoms with Gasteiger partial charge in [0.2, 0.25) is 0 Å². The van der Waals surface area contributed by atoms with Crippen LogP contribution in [0.1, 0.15) is 16.3 Å². The molecule has 7 heteroatoms. The predicted molar refractivity (Wildman–Crippen MR) is 66.3 cm³/mol. The molecule has 0 atom stereocenters. The van der Waals surface area contributed by atoms with Gasteiger partial charge in [-0.05, 0) is 13.8 Å². The van der Waals surface area contributed by atoms with Crippen molar-refractivity contribution in [1.82, 2.24) is 14.7 Å². The van der Waals surface area contributed by atoms with Crippen molar-refractivity contribution < 1.29 is 13.9 Å². The molecule has 0 unspecified atom stereocenters. The summed E-state index contributed by atoms with van der Waals surface area (Å²) in [5.41, 5.74) is 1.71. The van der Waals surface area contributed by atoms with Crippen molar-refractivity contribution in [2.45, 2.75) is 26.3 Å². The number of aromatic nitrogens is 2. The molecule has 2 N–H and O–H groups in total. The Bertz CT molecular complexity index is 550. The third-order valence-corrected chi connectivity index (χ3v) is 3.55. The van der Waals surface area contributed by atoms with E-state index in [0.717, 1.165) is 21.2 Å². The van der Waals surface area contributed by atoms with E-state index in [4.69, 9.17) is 5.11 Å². The van der Waals surface area contributed by atoms with Crippen LogP contribution >= 0.6 is 11.3 Å². The summed E-state index contributed by atoms with van der Waals surface area (Å²) in [6, 6.07) is 0. The first kappa shape index (κ1) is 13.4. The molecule has 0 bridgehead atoms. The minimum Gasteiger partial charge on any atom is -0.390 e. The second-order valence-electron chi connectivity index (χ2n) is 4.26. The van der Waals surface area contributed by atoms with E-state index in [-0.39, 0.29) is 0 Å². The second kappa shape index (κ2) is 4.91. The van der Waals surface area contributed by atoms with Crippen molar-refractivity contribution in [3.05, 3.63) is 22.5 Å². The molecule has 0 aliphatic carbocycles. The van der Waals surface area contributed by atoms with Crippen LogP contribution in [0.5, 0.6) is 0 Å². The average Bonchev–Trinajstić information content (AvgIpc) is 2.76. The average molecular weight is 275 g/mol. The van der Waals surface area contributed by atoms with Crippen LogP contribution < -0.4 is 5.32 Å². The lowest BCUT2D eigenvalue weighted by Gasteiger charge is -2.13. The lowest BCUT2D eigenvalue weighted by molar-refractivity contribution is -0.0478. The Morgan fingerprint density at radius 2 is 2.22 bits per heavy atom. The highest BCUT2D eigenvalue weighted by molar-refractivity contribution is 7.17. The molecule has 100 valence electrons. The van der Waals surface area contributed by atoms with Gasteiger partial charge in [-0.15, -0.1) is 11.3 Å². The van der Waals surface area contributed by atoms with E-state index >= 15 is 0 Å². The van der Waals surface area contributed by atoms with Crippen molar-refractivity contribution in [1.29, 1.82) is 0 Å². The molecule has 2 aromatic rings. The minimum atomic E-state index is -3.08. The molecular weight excluding hydrogens is 260 g/mol. The number of alkyl halides is 2. The zero-order valence-corrected chi connectivity index (χ0v) is 11.0. The molecule has 0 saturated heterocycles. The summed E-state index contributed by atoms with van der Waals surface area (Å²) in [5.74, 6) is -3.08. The molecular formula is C11H15F2N3OS. The Kier molecular flexibility index (Phi) is 3.65. The fourth-order valence-electron chi connectivity index (χ4n) is 1.74. The number of halogens is 2. The van der Waals surface area contributed by atoms with E-state index in [1.165, 1.54) is 0 Å².